The first-order valence-corrected chi connectivity index (χ1v) is 9.35. The van der Waals surface area contributed by atoms with Gasteiger partial charge in [0, 0.05) is 17.3 Å². The molecule has 2 aromatic carbocycles. The number of imidazole rings is 1. The van der Waals surface area contributed by atoms with Crippen LogP contribution in [0.15, 0.2) is 48.7 Å². The van der Waals surface area contributed by atoms with E-state index in [1.54, 1.807) is 0 Å². The van der Waals surface area contributed by atoms with Crippen molar-refractivity contribution < 1.29 is 30.7 Å². The zero-order chi connectivity index (χ0) is 23.3. The lowest BCUT2D eigenvalue weighted by Crippen LogP contribution is -2.08. The molecule has 11 heteroatoms. The summed E-state index contributed by atoms with van der Waals surface area (Å²) >= 11 is 6.24. The van der Waals surface area contributed by atoms with Crippen molar-refractivity contribution in [1.82, 2.24) is 15.0 Å². The zero-order valence-corrected chi connectivity index (χ0v) is 16.5. The molecule has 0 spiro atoms. The molecule has 0 aliphatic carbocycles. The molecule has 0 bridgehead atoms. The van der Waals surface area contributed by atoms with Gasteiger partial charge in [-0.15, -0.1) is 0 Å². The Morgan fingerprint density at radius 2 is 1.62 bits per heavy atom. The highest BCUT2D eigenvalue weighted by atomic mass is 35.5. The second-order valence-corrected chi connectivity index (χ2v) is 7.26. The van der Waals surface area contributed by atoms with E-state index in [-0.39, 0.29) is 38.7 Å². The third-order valence-electron chi connectivity index (χ3n) is 4.72. The van der Waals surface area contributed by atoms with Crippen molar-refractivity contribution in [2.45, 2.75) is 19.0 Å². The summed E-state index contributed by atoms with van der Waals surface area (Å²) in [5.74, 6) is -0.0462. The van der Waals surface area contributed by atoms with Crippen LogP contribution in [-0.2, 0) is 19.0 Å². The van der Waals surface area contributed by atoms with Gasteiger partial charge >= 0.3 is 12.4 Å². The van der Waals surface area contributed by atoms with Gasteiger partial charge in [0.2, 0.25) is 0 Å². The summed E-state index contributed by atoms with van der Waals surface area (Å²) in [6.07, 6.45) is -8.21. The Kier molecular flexibility index (Phi) is 5.36. The molecule has 0 amide bonds. The van der Waals surface area contributed by atoms with Gasteiger partial charge in [-0.25, -0.2) is 9.37 Å². The van der Waals surface area contributed by atoms with E-state index >= 15 is 0 Å². The minimum Gasteiger partial charge on any atom is -0.338 e. The van der Waals surface area contributed by atoms with E-state index in [0.29, 0.717) is 6.07 Å². The fourth-order valence-corrected chi connectivity index (χ4v) is 3.59. The smallest absolute Gasteiger partial charge is 0.338 e. The SMILES string of the molecule is FCc1cc(C(F)(F)F)c2nc(-c3ccc(-c4ncccc4C(F)(F)F)cc3Cl)[nH]c2c1. The topological polar surface area (TPSA) is 41.6 Å². The van der Waals surface area contributed by atoms with Crippen LogP contribution in [0.5, 0.6) is 0 Å². The van der Waals surface area contributed by atoms with Gasteiger partial charge in [-0.2, -0.15) is 26.3 Å². The van der Waals surface area contributed by atoms with Gasteiger partial charge in [0.1, 0.15) is 18.0 Å². The molecule has 2 aromatic heterocycles. The molecule has 0 fully saturated rings. The number of hydrogen-bond acceptors (Lipinski definition) is 2. The van der Waals surface area contributed by atoms with Crippen LogP contribution in [0.4, 0.5) is 30.7 Å². The fourth-order valence-electron chi connectivity index (χ4n) is 3.32. The van der Waals surface area contributed by atoms with Crippen molar-refractivity contribution in [3.63, 3.8) is 0 Å². The van der Waals surface area contributed by atoms with Gasteiger partial charge in [0.05, 0.1) is 27.4 Å². The Labute approximate surface area is 180 Å². The molecule has 4 rings (SSSR count). The predicted octanol–water partition coefficient (Wildman–Crippen LogP) is 7.45. The second kappa shape index (κ2) is 7.77. The van der Waals surface area contributed by atoms with E-state index in [4.69, 9.17) is 11.6 Å². The number of aromatic amines is 1. The minimum atomic E-state index is -4.77. The largest absolute Gasteiger partial charge is 0.418 e. The number of hydrogen-bond donors (Lipinski definition) is 1. The fraction of sp³-hybridized carbons (Fsp3) is 0.143. The van der Waals surface area contributed by atoms with Gasteiger partial charge in [-0.3, -0.25) is 4.98 Å². The van der Waals surface area contributed by atoms with E-state index in [2.05, 4.69) is 15.0 Å². The van der Waals surface area contributed by atoms with Crippen molar-refractivity contribution in [1.29, 1.82) is 0 Å². The number of rotatable bonds is 3. The maximum absolute atomic E-state index is 13.4. The van der Waals surface area contributed by atoms with Crippen LogP contribution < -0.4 is 0 Å². The maximum atomic E-state index is 13.4. The Morgan fingerprint density at radius 3 is 2.25 bits per heavy atom. The number of nitrogens with one attached hydrogen (secondary N) is 1. The number of nitrogens with zero attached hydrogens (tertiary/aromatic N) is 2. The summed E-state index contributed by atoms with van der Waals surface area (Å²) in [6, 6.07) is 7.77. The molecule has 166 valence electrons. The first kappa shape index (κ1) is 22.1. The Morgan fingerprint density at radius 1 is 0.906 bits per heavy atom. The lowest BCUT2D eigenvalue weighted by Gasteiger charge is -2.12. The monoisotopic (exact) mass is 473 g/mol. The molecule has 1 N–H and O–H groups in total. The van der Waals surface area contributed by atoms with Crippen LogP contribution in [0, 0.1) is 0 Å². The summed E-state index contributed by atoms with van der Waals surface area (Å²) in [5.41, 5.74) is -2.84. The molecule has 0 saturated heterocycles. The van der Waals surface area contributed by atoms with E-state index in [1.165, 1.54) is 30.5 Å². The van der Waals surface area contributed by atoms with Gasteiger partial charge < -0.3 is 4.98 Å². The molecule has 0 saturated carbocycles. The lowest BCUT2D eigenvalue weighted by atomic mass is 10.0. The highest BCUT2D eigenvalue weighted by Crippen LogP contribution is 2.39. The molecule has 2 heterocycles. The average Bonchev–Trinajstić information content (AvgIpc) is 3.15. The van der Waals surface area contributed by atoms with Crippen LogP contribution in [0.2, 0.25) is 5.02 Å². The van der Waals surface area contributed by atoms with Gasteiger partial charge in [0.15, 0.2) is 0 Å². The van der Waals surface area contributed by atoms with Crippen LogP contribution in [-0.4, -0.2) is 15.0 Å². The van der Waals surface area contributed by atoms with Crippen LogP contribution >= 0.6 is 11.6 Å². The van der Waals surface area contributed by atoms with Crippen molar-refractivity contribution >= 4 is 22.6 Å². The molecule has 0 aliphatic rings. The standard InChI is InChI=1S/C21H11ClF7N3/c22-15-8-11(17-13(20(24,25)26)2-1-5-30-17)3-4-12(15)19-31-16-7-10(9-23)6-14(18(16)32-19)21(27,28)29/h1-8H,9H2,(H,31,32). The number of halogens is 8. The highest BCUT2D eigenvalue weighted by molar-refractivity contribution is 6.33. The lowest BCUT2D eigenvalue weighted by molar-refractivity contribution is -0.137. The summed E-state index contributed by atoms with van der Waals surface area (Å²) in [7, 11) is 0. The first-order valence-electron chi connectivity index (χ1n) is 8.97. The molecule has 0 radical (unpaired) electrons. The van der Waals surface area contributed by atoms with E-state index < -0.39 is 35.7 Å². The third-order valence-corrected chi connectivity index (χ3v) is 5.03. The zero-order valence-electron chi connectivity index (χ0n) is 15.7. The second-order valence-electron chi connectivity index (χ2n) is 6.85. The Hall–Kier alpha value is -3.14. The summed E-state index contributed by atoms with van der Waals surface area (Å²) in [5, 5.41) is -0.0559. The molecule has 32 heavy (non-hydrogen) atoms. The third kappa shape index (κ3) is 4.02. The summed E-state index contributed by atoms with van der Waals surface area (Å²) in [4.78, 5) is 10.4. The number of aromatic nitrogens is 3. The Balaban J connectivity index is 1.83. The molecule has 4 aromatic rings. The molecule has 0 atom stereocenters. The van der Waals surface area contributed by atoms with Gasteiger partial charge in [0.25, 0.3) is 0 Å². The predicted molar refractivity (Wildman–Crippen MR) is 105 cm³/mol. The summed E-state index contributed by atoms with van der Waals surface area (Å²) < 4.78 is 93.1. The molecular formula is C21H11ClF7N3. The number of alkyl halides is 7. The first-order chi connectivity index (χ1) is 15.0. The van der Waals surface area contributed by atoms with Crippen molar-refractivity contribution in [2.24, 2.45) is 0 Å². The molecular weight excluding hydrogens is 463 g/mol. The van der Waals surface area contributed by atoms with Crippen LogP contribution in [0.3, 0.4) is 0 Å². The van der Waals surface area contributed by atoms with Crippen molar-refractivity contribution in [3.05, 3.63) is 70.4 Å². The number of pyridine rings is 1. The van der Waals surface area contributed by atoms with Crippen LogP contribution in [0.25, 0.3) is 33.7 Å². The normalized spacial score (nSPS) is 12.5. The van der Waals surface area contributed by atoms with E-state index in [9.17, 15) is 30.7 Å². The Bertz CT molecular complexity index is 1310. The molecule has 0 aliphatic heterocycles. The average molecular weight is 474 g/mol. The molecule has 3 nitrogen and oxygen atoms in total. The highest BCUT2D eigenvalue weighted by Gasteiger charge is 2.35. The van der Waals surface area contributed by atoms with Crippen LogP contribution in [0.1, 0.15) is 16.7 Å². The quantitative estimate of drug-likeness (QED) is 0.314. The number of H-pyrrole nitrogens is 1. The van der Waals surface area contributed by atoms with Gasteiger partial charge in [-0.05, 0) is 42.0 Å². The maximum Gasteiger partial charge on any atom is 0.418 e. The number of fused-ring (bicyclic) bond motifs is 1. The molecule has 0 unspecified atom stereocenters. The number of benzene rings is 2. The van der Waals surface area contributed by atoms with Gasteiger partial charge in [-0.1, -0.05) is 17.7 Å². The van der Waals surface area contributed by atoms with E-state index in [0.717, 1.165) is 12.1 Å². The summed E-state index contributed by atoms with van der Waals surface area (Å²) in [6.45, 7) is -1.10. The van der Waals surface area contributed by atoms with Crippen molar-refractivity contribution in [2.75, 3.05) is 0 Å². The van der Waals surface area contributed by atoms with Crippen molar-refractivity contribution in [3.8, 4) is 22.6 Å². The minimum absolute atomic E-state index is 0.0462. The van der Waals surface area contributed by atoms with E-state index in [1.807, 2.05) is 0 Å².